The number of anilines is 2. The standard InChI is InChI=1S/C22H26N6O2/c23-20-5-2-6-24-22(20)25-14-17-3-1-4-18(13-17)21-26-15-19(16-27-21)30-12-9-28-7-10-29-11-8-28/h1-6,13,15-16H,7-12,14,23H2,(H,24,25). The highest BCUT2D eigenvalue weighted by atomic mass is 16.5. The van der Waals surface area contributed by atoms with Gasteiger partial charge in [0.1, 0.15) is 12.4 Å². The maximum Gasteiger partial charge on any atom is 0.159 e. The van der Waals surface area contributed by atoms with E-state index in [0.29, 0.717) is 36.2 Å². The minimum Gasteiger partial charge on any atom is -0.489 e. The molecule has 1 fully saturated rings. The van der Waals surface area contributed by atoms with E-state index in [-0.39, 0.29) is 0 Å². The fraction of sp³-hybridized carbons (Fsp3) is 0.318. The van der Waals surface area contributed by atoms with E-state index in [4.69, 9.17) is 15.2 Å². The van der Waals surface area contributed by atoms with Crippen molar-refractivity contribution >= 4 is 11.5 Å². The highest BCUT2D eigenvalue weighted by Crippen LogP contribution is 2.20. The van der Waals surface area contributed by atoms with Crippen LogP contribution in [0.2, 0.25) is 0 Å². The molecule has 1 aliphatic heterocycles. The molecule has 0 bridgehead atoms. The Hall–Kier alpha value is -3.23. The van der Waals surface area contributed by atoms with E-state index in [2.05, 4.69) is 31.2 Å². The quantitative estimate of drug-likeness (QED) is 0.589. The second-order valence-corrected chi connectivity index (χ2v) is 7.04. The van der Waals surface area contributed by atoms with Crippen molar-refractivity contribution in [2.24, 2.45) is 0 Å². The largest absolute Gasteiger partial charge is 0.489 e. The molecule has 3 heterocycles. The summed E-state index contributed by atoms with van der Waals surface area (Å²) in [6.45, 7) is 5.59. The molecule has 0 aliphatic carbocycles. The van der Waals surface area contributed by atoms with Crippen molar-refractivity contribution in [3.8, 4) is 17.1 Å². The number of morpholine rings is 1. The second kappa shape index (κ2) is 10.00. The summed E-state index contributed by atoms with van der Waals surface area (Å²) >= 11 is 0. The molecule has 8 nitrogen and oxygen atoms in total. The minimum absolute atomic E-state index is 0.609. The molecule has 4 rings (SSSR count). The predicted octanol–water partition coefficient (Wildman–Crippen LogP) is 2.44. The Kier molecular flexibility index (Phi) is 6.68. The van der Waals surface area contributed by atoms with Gasteiger partial charge < -0.3 is 20.5 Å². The van der Waals surface area contributed by atoms with Crippen LogP contribution in [0, 0.1) is 0 Å². The zero-order chi connectivity index (χ0) is 20.6. The maximum atomic E-state index is 5.93. The first-order valence-corrected chi connectivity index (χ1v) is 10.1. The summed E-state index contributed by atoms with van der Waals surface area (Å²) in [5.74, 6) is 2.02. The molecule has 156 valence electrons. The number of nitrogens with two attached hydrogens (primary N) is 1. The number of benzene rings is 1. The molecule has 8 heteroatoms. The third-order valence-electron chi connectivity index (χ3n) is 4.89. The van der Waals surface area contributed by atoms with Gasteiger partial charge in [-0.15, -0.1) is 0 Å². The Morgan fingerprint density at radius 3 is 2.70 bits per heavy atom. The van der Waals surface area contributed by atoms with E-state index in [1.807, 2.05) is 30.3 Å². The summed E-state index contributed by atoms with van der Waals surface area (Å²) in [6.07, 6.45) is 5.16. The van der Waals surface area contributed by atoms with Gasteiger partial charge in [-0.2, -0.15) is 0 Å². The Balaban J connectivity index is 1.32. The second-order valence-electron chi connectivity index (χ2n) is 7.04. The maximum absolute atomic E-state index is 5.93. The fourth-order valence-electron chi connectivity index (χ4n) is 3.23. The van der Waals surface area contributed by atoms with E-state index in [1.165, 1.54) is 0 Å². The molecule has 2 aromatic heterocycles. The Morgan fingerprint density at radius 1 is 1.07 bits per heavy atom. The smallest absolute Gasteiger partial charge is 0.159 e. The number of pyridine rings is 1. The van der Waals surface area contributed by atoms with Gasteiger partial charge in [0.2, 0.25) is 0 Å². The summed E-state index contributed by atoms with van der Waals surface area (Å²) in [5.41, 5.74) is 8.60. The van der Waals surface area contributed by atoms with Gasteiger partial charge in [-0.3, -0.25) is 4.90 Å². The predicted molar refractivity (Wildman–Crippen MR) is 116 cm³/mol. The van der Waals surface area contributed by atoms with Crippen LogP contribution in [0.25, 0.3) is 11.4 Å². The molecule has 0 atom stereocenters. The normalized spacial score (nSPS) is 14.4. The average Bonchev–Trinajstić information content (AvgIpc) is 2.80. The molecule has 30 heavy (non-hydrogen) atoms. The first-order valence-electron chi connectivity index (χ1n) is 10.1. The summed E-state index contributed by atoms with van der Waals surface area (Å²) in [5, 5.41) is 3.26. The highest BCUT2D eigenvalue weighted by Gasteiger charge is 2.10. The number of nitrogens with zero attached hydrogens (tertiary/aromatic N) is 4. The van der Waals surface area contributed by atoms with E-state index in [0.717, 1.165) is 44.0 Å². The first-order chi connectivity index (χ1) is 14.8. The van der Waals surface area contributed by atoms with Crippen LogP contribution in [0.15, 0.2) is 55.0 Å². The van der Waals surface area contributed by atoms with Crippen molar-refractivity contribution < 1.29 is 9.47 Å². The monoisotopic (exact) mass is 406 g/mol. The van der Waals surface area contributed by atoms with Gasteiger partial charge >= 0.3 is 0 Å². The van der Waals surface area contributed by atoms with E-state index < -0.39 is 0 Å². The van der Waals surface area contributed by atoms with E-state index in [1.54, 1.807) is 18.6 Å². The van der Waals surface area contributed by atoms with Gasteiger partial charge in [0.15, 0.2) is 11.6 Å². The summed E-state index contributed by atoms with van der Waals surface area (Å²) < 4.78 is 11.1. The van der Waals surface area contributed by atoms with Crippen LogP contribution in [-0.4, -0.2) is 59.3 Å². The lowest BCUT2D eigenvalue weighted by Gasteiger charge is -2.26. The summed E-state index contributed by atoms with van der Waals surface area (Å²) in [6, 6.07) is 11.7. The highest BCUT2D eigenvalue weighted by molar-refractivity contribution is 5.61. The lowest BCUT2D eigenvalue weighted by atomic mass is 10.1. The molecule has 3 N–H and O–H groups in total. The van der Waals surface area contributed by atoms with Gasteiger partial charge in [-0.25, -0.2) is 15.0 Å². The number of nitrogen functional groups attached to an aromatic ring is 1. The Bertz CT molecular complexity index is 944. The van der Waals surface area contributed by atoms with Crippen molar-refractivity contribution in [1.29, 1.82) is 0 Å². The van der Waals surface area contributed by atoms with E-state index in [9.17, 15) is 0 Å². The van der Waals surface area contributed by atoms with Crippen molar-refractivity contribution in [2.75, 3.05) is 50.5 Å². The number of rotatable bonds is 8. The lowest BCUT2D eigenvalue weighted by Crippen LogP contribution is -2.38. The number of aromatic nitrogens is 3. The number of hydrogen-bond donors (Lipinski definition) is 2. The van der Waals surface area contributed by atoms with Crippen molar-refractivity contribution in [2.45, 2.75) is 6.54 Å². The van der Waals surface area contributed by atoms with Crippen LogP contribution in [0.5, 0.6) is 5.75 Å². The number of nitrogens with one attached hydrogen (secondary N) is 1. The molecule has 1 aromatic carbocycles. The molecular weight excluding hydrogens is 380 g/mol. The lowest BCUT2D eigenvalue weighted by molar-refractivity contribution is 0.0322. The fourth-order valence-corrected chi connectivity index (χ4v) is 3.23. The summed E-state index contributed by atoms with van der Waals surface area (Å²) in [7, 11) is 0. The van der Waals surface area contributed by atoms with Gasteiger partial charge in [0.25, 0.3) is 0 Å². The van der Waals surface area contributed by atoms with Gasteiger partial charge in [0.05, 0.1) is 31.3 Å². The molecule has 0 unspecified atom stereocenters. The molecule has 1 saturated heterocycles. The molecule has 1 aliphatic rings. The van der Waals surface area contributed by atoms with Crippen LogP contribution in [-0.2, 0) is 11.3 Å². The van der Waals surface area contributed by atoms with E-state index >= 15 is 0 Å². The Labute approximate surface area is 176 Å². The third kappa shape index (κ3) is 5.43. The zero-order valence-electron chi connectivity index (χ0n) is 16.8. The third-order valence-corrected chi connectivity index (χ3v) is 4.89. The van der Waals surface area contributed by atoms with Gasteiger partial charge in [0, 0.05) is 37.9 Å². The molecule has 0 spiro atoms. The van der Waals surface area contributed by atoms with Gasteiger partial charge in [-0.05, 0) is 23.8 Å². The topological polar surface area (TPSA) is 98.4 Å². The number of ether oxygens (including phenoxy) is 2. The van der Waals surface area contributed by atoms with Crippen LogP contribution >= 0.6 is 0 Å². The van der Waals surface area contributed by atoms with Crippen LogP contribution < -0.4 is 15.8 Å². The molecule has 0 radical (unpaired) electrons. The van der Waals surface area contributed by atoms with Crippen molar-refractivity contribution in [3.63, 3.8) is 0 Å². The Morgan fingerprint density at radius 2 is 1.90 bits per heavy atom. The average molecular weight is 406 g/mol. The first kappa shape index (κ1) is 20.1. The zero-order valence-corrected chi connectivity index (χ0v) is 16.8. The molecule has 0 amide bonds. The van der Waals surface area contributed by atoms with Crippen molar-refractivity contribution in [3.05, 3.63) is 60.6 Å². The van der Waals surface area contributed by atoms with Crippen LogP contribution in [0.3, 0.4) is 0 Å². The number of hydrogen-bond acceptors (Lipinski definition) is 8. The summed E-state index contributed by atoms with van der Waals surface area (Å²) in [4.78, 5) is 15.5. The molecular formula is C22H26N6O2. The van der Waals surface area contributed by atoms with Crippen LogP contribution in [0.4, 0.5) is 11.5 Å². The van der Waals surface area contributed by atoms with Crippen LogP contribution in [0.1, 0.15) is 5.56 Å². The van der Waals surface area contributed by atoms with Gasteiger partial charge in [-0.1, -0.05) is 18.2 Å². The SMILES string of the molecule is Nc1cccnc1NCc1cccc(-c2ncc(OCCN3CCOCC3)cn2)c1. The molecule has 3 aromatic rings. The van der Waals surface area contributed by atoms with Crippen molar-refractivity contribution in [1.82, 2.24) is 19.9 Å². The molecule has 0 saturated carbocycles. The minimum atomic E-state index is 0.609.